The van der Waals surface area contributed by atoms with Crippen LogP contribution in [-0.4, -0.2) is 86.6 Å². The molecule has 1 unspecified atom stereocenters. The summed E-state index contributed by atoms with van der Waals surface area (Å²) in [4.78, 5) is 17.3. The summed E-state index contributed by atoms with van der Waals surface area (Å²) >= 11 is 1.67. The molecule has 2 aromatic carbocycles. The van der Waals surface area contributed by atoms with Crippen molar-refractivity contribution < 1.29 is 9.47 Å². The first-order valence-corrected chi connectivity index (χ1v) is 12.2. The van der Waals surface area contributed by atoms with Gasteiger partial charge in [-0.1, -0.05) is 30.0 Å². The first-order chi connectivity index (χ1) is 15.7. The third-order valence-corrected chi connectivity index (χ3v) is 7.01. The van der Waals surface area contributed by atoms with Crippen molar-refractivity contribution in [2.24, 2.45) is 9.98 Å². The lowest BCUT2D eigenvalue weighted by Gasteiger charge is -2.39. The predicted octanol–water partition coefficient (Wildman–Crippen LogP) is 3.32. The van der Waals surface area contributed by atoms with Gasteiger partial charge in [0, 0.05) is 50.0 Å². The maximum atomic E-state index is 5.53. The third-order valence-electron chi connectivity index (χ3n) is 6.36. The van der Waals surface area contributed by atoms with Crippen LogP contribution in [0, 0.1) is 0 Å². The lowest BCUT2D eigenvalue weighted by atomic mass is 10.1. The average Bonchev–Trinajstić information content (AvgIpc) is 3.27. The largest absolute Gasteiger partial charge is 0.493 e. The Bertz CT molecular complexity index is 1030. The van der Waals surface area contributed by atoms with Crippen molar-refractivity contribution in [2.75, 3.05) is 64.6 Å². The number of ether oxygens (including phenoxy) is 2. The Labute approximate surface area is 193 Å². The monoisotopic (exact) mass is 451 g/mol. The SMILES string of the molecule is COc1cc2c(cc1OC)C1=NCC(CN3CCN(c4ccccc4)CC3)N1C(SC)=N2. The summed E-state index contributed by atoms with van der Waals surface area (Å²) in [6, 6.07) is 14.9. The standard InChI is InChI=1S/C24H29N5O2S/c1-30-21-13-19-20(14-22(21)31-2)26-24(32-3)29-18(15-25-23(19)29)16-27-9-11-28(12-10-27)17-7-5-4-6-8-17/h4-8,13-14,18H,9-12,15-16H2,1-3H3. The number of rotatable bonds is 5. The molecule has 0 spiro atoms. The second-order valence-electron chi connectivity index (χ2n) is 8.13. The van der Waals surface area contributed by atoms with Gasteiger partial charge in [-0.25, -0.2) is 4.99 Å². The van der Waals surface area contributed by atoms with Gasteiger partial charge in [0.05, 0.1) is 32.5 Å². The molecule has 3 aliphatic rings. The molecule has 0 amide bonds. The van der Waals surface area contributed by atoms with Crippen LogP contribution in [0.15, 0.2) is 52.4 Å². The van der Waals surface area contributed by atoms with Crippen LogP contribution in [0.3, 0.4) is 0 Å². The number of aliphatic imine (C=N–C) groups is 2. The molecule has 32 heavy (non-hydrogen) atoms. The number of anilines is 1. The van der Waals surface area contributed by atoms with Crippen molar-refractivity contribution in [3.8, 4) is 11.5 Å². The maximum absolute atomic E-state index is 5.53. The number of piperazine rings is 1. The number of hydrogen-bond acceptors (Lipinski definition) is 8. The molecule has 8 heteroatoms. The van der Waals surface area contributed by atoms with Gasteiger partial charge >= 0.3 is 0 Å². The molecular weight excluding hydrogens is 422 g/mol. The Balaban J connectivity index is 1.31. The molecule has 0 radical (unpaired) electrons. The minimum Gasteiger partial charge on any atom is -0.493 e. The van der Waals surface area contributed by atoms with Gasteiger partial charge in [-0.05, 0) is 24.5 Å². The predicted molar refractivity (Wildman–Crippen MR) is 132 cm³/mol. The molecule has 168 valence electrons. The lowest BCUT2D eigenvalue weighted by molar-refractivity contribution is 0.221. The molecule has 1 atom stereocenters. The van der Waals surface area contributed by atoms with Crippen LogP contribution >= 0.6 is 11.8 Å². The van der Waals surface area contributed by atoms with Gasteiger partial charge in [0.25, 0.3) is 0 Å². The summed E-state index contributed by atoms with van der Waals surface area (Å²) in [6.07, 6.45) is 2.08. The maximum Gasteiger partial charge on any atom is 0.170 e. The van der Waals surface area contributed by atoms with Gasteiger partial charge in [0.15, 0.2) is 16.7 Å². The smallest absolute Gasteiger partial charge is 0.170 e. The van der Waals surface area contributed by atoms with Crippen molar-refractivity contribution in [2.45, 2.75) is 6.04 Å². The van der Waals surface area contributed by atoms with Crippen LogP contribution in [0.1, 0.15) is 5.56 Å². The van der Waals surface area contributed by atoms with Crippen LogP contribution in [0.5, 0.6) is 11.5 Å². The number of hydrogen-bond donors (Lipinski definition) is 0. The van der Waals surface area contributed by atoms with Crippen molar-refractivity contribution in [1.82, 2.24) is 9.80 Å². The molecule has 0 N–H and O–H groups in total. The number of methoxy groups -OCH3 is 2. The van der Waals surface area contributed by atoms with E-state index in [1.165, 1.54) is 5.69 Å². The van der Waals surface area contributed by atoms with E-state index in [1.54, 1.807) is 26.0 Å². The fraction of sp³-hybridized carbons (Fsp3) is 0.417. The molecule has 0 saturated carbocycles. The second kappa shape index (κ2) is 9.03. The summed E-state index contributed by atoms with van der Waals surface area (Å²) in [7, 11) is 3.31. The van der Waals surface area contributed by atoms with Crippen molar-refractivity contribution in [1.29, 1.82) is 0 Å². The number of para-hydroxylation sites is 1. The number of amidine groups is 2. The summed E-state index contributed by atoms with van der Waals surface area (Å²) in [6.45, 7) is 5.98. The van der Waals surface area contributed by atoms with Gasteiger partial charge in [-0.2, -0.15) is 0 Å². The second-order valence-corrected chi connectivity index (χ2v) is 8.91. The van der Waals surface area contributed by atoms with Gasteiger partial charge in [-0.15, -0.1) is 0 Å². The normalized spacial score (nSPS) is 20.4. The third kappa shape index (κ3) is 3.82. The van der Waals surface area contributed by atoms with Crippen LogP contribution in [-0.2, 0) is 0 Å². The Morgan fingerprint density at radius 2 is 1.72 bits per heavy atom. The quantitative estimate of drug-likeness (QED) is 0.695. The molecule has 1 saturated heterocycles. The van der Waals surface area contributed by atoms with E-state index in [0.29, 0.717) is 17.5 Å². The topological polar surface area (TPSA) is 52.9 Å². The van der Waals surface area contributed by atoms with Gasteiger partial charge in [-0.3, -0.25) is 14.8 Å². The highest BCUT2D eigenvalue weighted by Gasteiger charge is 2.38. The Morgan fingerprint density at radius 1 is 1.00 bits per heavy atom. The van der Waals surface area contributed by atoms with E-state index in [4.69, 9.17) is 19.5 Å². The van der Waals surface area contributed by atoms with E-state index in [1.807, 2.05) is 12.1 Å². The molecule has 5 rings (SSSR count). The van der Waals surface area contributed by atoms with Gasteiger partial charge < -0.3 is 14.4 Å². The Hall–Kier alpha value is -2.71. The van der Waals surface area contributed by atoms with Crippen LogP contribution in [0.25, 0.3) is 0 Å². The van der Waals surface area contributed by atoms with E-state index in [9.17, 15) is 0 Å². The molecule has 7 nitrogen and oxygen atoms in total. The molecule has 1 fully saturated rings. The van der Waals surface area contributed by atoms with E-state index in [-0.39, 0.29) is 0 Å². The fourth-order valence-electron chi connectivity index (χ4n) is 4.69. The van der Waals surface area contributed by atoms with E-state index >= 15 is 0 Å². The summed E-state index contributed by atoms with van der Waals surface area (Å²) < 4.78 is 11.0. The molecular formula is C24H29N5O2S. The van der Waals surface area contributed by atoms with Gasteiger partial charge in [0.2, 0.25) is 0 Å². The fourth-order valence-corrected chi connectivity index (χ4v) is 5.31. The number of thioether (sulfide) groups is 1. The van der Waals surface area contributed by atoms with E-state index in [2.05, 4.69) is 51.3 Å². The zero-order chi connectivity index (χ0) is 22.1. The summed E-state index contributed by atoms with van der Waals surface area (Å²) in [5, 5.41) is 0.994. The Kier molecular flexibility index (Phi) is 5.97. The summed E-state index contributed by atoms with van der Waals surface area (Å²) in [5.41, 5.74) is 3.21. The zero-order valence-electron chi connectivity index (χ0n) is 18.8. The highest BCUT2D eigenvalue weighted by atomic mass is 32.2. The minimum absolute atomic E-state index is 0.292. The first-order valence-electron chi connectivity index (χ1n) is 11.0. The van der Waals surface area contributed by atoms with Gasteiger partial charge in [0.1, 0.15) is 5.84 Å². The Morgan fingerprint density at radius 3 is 2.41 bits per heavy atom. The molecule has 3 aliphatic heterocycles. The molecule has 2 aromatic rings. The van der Waals surface area contributed by atoms with Crippen LogP contribution in [0.2, 0.25) is 0 Å². The lowest BCUT2D eigenvalue weighted by Crippen LogP contribution is -2.53. The van der Waals surface area contributed by atoms with Crippen molar-refractivity contribution in [3.63, 3.8) is 0 Å². The van der Waals surface area contributed by atoms with E-state index < -0.39 is 0 Å². The van der Waals surface area contributed by atoms with E-state index in [0.717, 1.165) is 61.5 Å². The van der Waals surface area contributed by atoms with Crippen molar-refractivity contribution in [3.05, 3.63) is 48.0 Å². The molecule has 0 aliphatic carbocycles. The molecule has 3 heterocycles. The van der Waals surface area contributed by atoms with Crippen LogP contribution in [0.4, 0.5) is 11.4 Å². The molecule has 0 bridgehead atoms. The number of fused-ring (bicyclic) bond motifs is 3. The first kappa shape index (κ1) is 21.2. The highest BCUT2D eigenvalue weighted by molar-refractivity contribution is 8.13. The van der Waals surface area contributed by atoms with Crippen molar-refractivity contribution >= 4 is 34.1 Å². The zero-order valence-corrected chi connectivity index (χ0v) is 19.6. The summed E-state index contributed by atoms with van der Waals surface area (Å²) in [5.74, 6) is 2.39. The molecule has 0 aromatic heterocycles. The number of nitrogens with zero attached hydrogens (tertiary/aromatic N) is 5. The van der Waals surface area contributed by atoms with Crippen LogP contribution < -0.4 is 14.4 Å². The minimum atomic E-state index is 0.292. The highest BCUT2D eigenvalue weighted by Crippen LogP contribution is 2.40. The number of benzene rings is 2. The average molecular weight is 452 g/mol.